The van der Waals surface area contributed by atoms with Crippen LogP contribution >= 0.6 is 22.6 Å². The Kier molecular flexibility index (Phi) is 3.08. The van der Waals surface area contributed by atoms with Crippen LogP contribution in [0, 0.1) is 27.2 Å². The summed E-state index contributed by atoms with van der Waals surface area (Å²) in [5.74, 6) is -0.246. The van der Waals surface area contributed by atoms with Crippen LogP contribution in [0.25, 0.3) is 0 Å². The second kappa shape index (κ2) is 4.78. The molecular formula is C18H16INO2. The lowest BCUT2D eigenvalue weighted by molar-refractivity contribution is -0.122. The van der Waals surface area contributed by atoms with E-state index in [4.69, 9.17) is 0 Å². The van der Waals surface area contributed by atoms with Gasteiger partial charge in [-0.1, -0.05) is 29.4 Å². The molecule has 0 aromatic heterocycles. The Morgan fingerprint density at radius 3 is 2.14 bits per heavy atom. The van der Waals surface area contributed by atoms with E-state index in [2.05, 4.69) is 48.6 Å². The molecular weight excluding hydrogens is 389 g/mol. The van der Waals surface area contributed by atoms with Gasteiger partial charge in [0.1, 0.15) is 0 Å². The van der Waals surface area contributed by atoms with Gasteiger partial charge in [-0.15, -0.1) is 0 Å². The molecule has 1 aliphatic heterocycles. The predicted octanol–water partition coefficient (Wildman–Crippen LogP) is 3.55. The summed E-state index contributed by atoms with van der Waals surface area (Å²) < 4.78 is 1.03. The van der Waals surface area contributed by atoms with E-state index in [1.165, 1.54) is 16.0 Å². The van der Waals surface area contributed by atoms with Crippen LogP contribution in [-0.2, 0) is 9.59 Å². The van der Waals surface area contributed by atoms with Gasteiger partial charge in [0.05, 0.1) is 17.5 Å². The van der Waals surface area contributed by atoms with E-state index in [0.29, 0.717) is 5.69 Å². The third-order valence-corrected chi connectivity index (χ3v) is 5.73. The molecule has 0 spiro atoms. The number of carbonyl (C=O) groups is 2. The molecule has 2 amide bonds. The molecule has 22 heavy (non-hydrogen) atoms. The second-order valence-electron chi connectivity index (χ2n) is 6.44. The van der Waals surface area contributed by atoms with Gasteiger partial charge >= 0.3 is 0 Å². The van der Waals surface area contributed by atoms with Gasteiger partial charge in [-0.3, -0.25) is 9.59 Å². The van der Waals surface area contributed by atoms with Crippen molar-refractivity contribution < 1.29 is 9.59 Å². The molecule has 4 atom stereocenters. The van der Waals surface area contributed by atoms with Crippen molar-refractivity contribution in [3.05, 3.63) is 51.1 Å². The van der Waals surface area contributed by atoms with Crippen LogP contribution in [0.1, 0.15) is 13.8 Å². The Morgan fingerprint density at radius 2 is 1.64 bits per heavy atom. The number of halogens is 1. The Morgan fingerprint density at radius 1 is 1.05 bits per heavy atom. The first-order chi connectivity index (χ1) is 10.5. The Labute approximate surface area is 143 Å². The third-order valence-electron chi connectivity index (χ3n) is 5.06. The van der Waals surface area contributed by atoms with Crippen LogP contribution in [0.4, 0.5) is 5.69 Å². The summed E-state index contributed by atoms with van der Waals surface area (Å²) in [5, 5.41) is 0. The van der Waals surface area contributed by atoms with Gasteiger partial charge in [0.2, 0.25) is 11.8 Å². The molecule has 4 rings (SSSR count). The number of anilines is 1. The van der Waals surface area contributed by atoms with E-state index in [9.17, 15) is 9.59 Å². The minimum absolute atomic E-state index is 0.0346. The summed E-state index contributed by atoms with van der Waals surface area (Å²) in [6.45, 7) is 4.16. The first-order valence-electron chi connectivity index (χ1n) is 7.49. The monoisotopic (exact) mass is 405 g/mol. The summed E-state index contributed by atoms with van der Waals surface area (Å²) in [6.07, 6.45) is 4.25. The number of hydrogen-bond donors (Lipinski definition) is 0. The number of rotatable bonds is 1. The average molecular weight is 405 g/mol. The van der Waals surface area contributed by atoms with Crippen molar-refractivity contribution >= 4 is 40.1 Å². The van der Waals surface area contributed by atoms with Gasteiger partial charge in [0.15, 0.2) is 0 Å². The van der Waals surface area contributed by atoms with Crippen LogP contribution < -0.4 is 4.90 Å². The summed E-state index contributed by atoms with van der Waals surface area (Å²) in [4.78, 5) is 27.2. The van der Waals surface area contributed by atoms with Gasteiger partial charge in [-0.25, -0.2) is 4.90 Å². The highest BCUT2D eigenvalue weighted by Gasteiger charge is 2.61. The molecule has 112 valence electrons. The van der Waals surface area contributed by atoms with Gasteiger partial charge in [-0.05, 0) is 54.6 Å². The number of hydrogen-bond acceptors (Lipinski definition) is 2. The zero-order valence-electron chi connectivity index (χ0n) is 12.4. The standard InChI is InChI=1S/C18H16INO2/c1-9(2)14-12-6-7-13(14)16-15(12)17(21)20(18(16)22)11-5-3-4-10(19)8-11/h3-8,12-13,15-16H,1-2H3/t12-,13-,15-,16-/m0/s1. The van der Waals surface area contributed by atoms with Gasteiger partial charge < -0.3 is 0 Å². The van der Waals surface area contributed by atoms with E-state index in [-0.39, 0.29) is 35.5 Å². The largest absolute Gasteiger partial charge is 0.274 e. The average Bonchev–Trinajstić information content (AvgIpc) is 3.09. The molecule has 0 N–H and O–H groups in total. The fourth-order valence-corrected chi connectivity index (χ4v) is 4.83. The molecule has 2 aliphatic carbocycles. The lowest BCUT2D eigenvalue weighted by atomic mass is 9.85. The molecule has 1 aromatic carbocycles. The number of imide groups is 1. The van der Waals surface area contributed by atoms with Crippen LogP contribution in [0.3, 0.4) is 0 Å². The minimum Gasteiger partial charge on any atom is -0.274 e. The first-order valence-corrected chi connectivity index (χ1v) is 8.57. The highest BCUT2D eigenvalue weighted by Crippen LogP contribution is 2.57. The maximum atomic E-state index is 12.9. The summed E-state index contributed by atoms with van der Waals surface area (Å²) in [5.41, 5.74) is 3.24. The maximum absolute atomic E-state index is 12.9. The topological polar surface area (TPSA) is 37.4 Å². The van der Waals surface area contributed by atoms with Crippen molar-refractivity contribution in [3.8, 4) is 0 Å². The zero-order valence-corrected chi connectivity index (χ0v) is 14.6. The molecule has 1 heterocycles. The van der Waals surface area contributed by atoms with Gasteiger partial charge in [0.25, 0.3) is 0 Å². The highest BCUT2D eigenvalue weighted by atomic mass is 127. The molecule has 2 fully saturated rings. The van der Waals surface area contributed by atoms with E-state index in [1.807, 2.05) is 24.3 Å². The second-order valence-corrected chi connectivity index (χ2v) is 7.68. The SMILES string of the molecule is CC(C)=C1[C@@H]2C=C[C@@H]1[C@@H]1C(=O)N(c3cccc(I)c3)C(=O)[C@H]12. The van der Waals surface area contributed by atoms with Crippen molar-refractivity contribution in [3.63, 3.8) is 0 Å². The van der Waals surface area contributed by atoms with Crippen LogP contribution in [0.2, 0.25) is 0 Å². The van der Waals surface area contributed by atoms with Crippen molar-refractivity contribution in [2.24, 2.45) is 23.7 Å². The van der Waals surface area contributed by atoms with Gasteiger partial charge in [0, 0.05) is 15.4 Å². The number of fused-ring (bicyclic) bond motifs is 5. The molecule has 3 aliphatic rings. The molecule has 0 unspecified atom stereocenters. The molecule has 1 saturated carbocycles. The van der Waals surface area contributed by atoms with Crippen LogP contribution in [0.15, 0.2) is 47.6 Å². The number of allylic oxidation sites excluding steroid dienone is 4. The molecule has 1 aromatic rings. The van der Waals surface area contributed by atoms with E-state index >= 15 is 0 Å². The Balaban J connectivity index is 1.78. The number of amides is 2. The van der Waals surface area contributed by atoms with Crippen molar-refractivity contribution in [1.82, 2.24) is 0 Å². The minimum atomic E-state index is -0.203. The van der Waals surface area contributed by atoms with E-state index < -0.39 is 0 Å². The smallest absolute Gasteiger partial charge is 0.238 e. The van der Waals surface area contributed by atoms with E-state index in [0.717, 1.165) is 3.57 Å². The normalized spacial score (nSPS) is 32.1. The lowest BCUT2D eigenvalue weighted by Gasteiger charge is -2.19. The first kappa shape index (κ1) is 14.2. The van der Waals surface area contributed by atoms with Gasteiger partial charge in [-0.2, -0.15) is 0 Å². The zero-order chi connectivity index (χ0) is 15.6. The highest BCUT2D eigenvalue weighted by molar-refractivity contribution is 14.1. The number of nitrogens with zero attached hydrogens (tertiary/aromatic N) is 1. The number of carbonyl (C=O) groups excluding carboxylic acids is 2. The summed E-state index contributed by atoms with van der Waals surface area (Å²) in [7, 11) is 0. The third kappa shape index (κ3) is 1.73. The van der Waals surface area contributed by atoms with Crippen molar-refractivity contribution in [2.75, 3.05) is 4.90 Å². The fraction of sp³-hybridized carbons (Fsp3) is 0.333. The van der Waals surface area contributed by atoms with Crippen LogP contribution in [0.5, 0.6) is 0 Å². The Hall–Kier alpha value is -1.43. The van der Waals surface area contributed by atoms with Crippen molar-refractivity contribution in [1.29, 1.82) is 0 Å². The maximum Gasteiger partial charge on any atom is 0.238 e. The molecule has 2 bridgehead atoms. The summed E-state index contributed by atoms with van der Waals surface area (Å²) in [6, 6.07) is 7.59. The van der Waals surface area contributed by atoms with Crippen molar-refractivity contribution in [2.45, 2.75) is 13.8 Å². The molecule has 1 saturated heterocycles. The lowest BCUT2D eigenvalue weighted by Crippen LogP contribution is -2.33. The van der Waals surface area contributed by atoms with Crippen LogP contribution in [-0.4, -0.2) is 11.8 Å². The number of benzene rings is 1. The molecule has 0 radical (unpaired) electrons. The fourth-order valence-electron chi connectivity index (χ4n) is 4.30. The summed E-state index contributed by atoms with van der Waals surface area (Å²) >= 11 is 2.20. The molecule has 4 heteroatoms. The quantitative estimate of drug-likeness (QED) is 0.407. The molecule has 3 nitrogen and oxygen atoms in total. The Bertz CT molecular complexity index is 726. The predicted molar refractivity (Wildman–Crippen MR) is 93.1 cm³/mol. The van der Waals surface area contributed by atoms with E-state index in [1.54, 1.807) is 0 Å².